The molecule has 0 spiro atoms. The van der Waals surface area contributed by atoms with Crippen molar-refractivity contribution in [3.8, 4) is 6.07 Å². The second-order valence-electron chi connectivity index (χ2n) is 5.25. The van der Waals surface area contributed by atoms with Crippen molar-refractivity contribution >= 4 is 0 Å². The maximum Gasteiger partial charge on any atom is 0.102 e. The summed E-state index contributed by atoms with van der Waals surface area (Å²) in [7, 11) is 0. The van der Waals surface area contributed by atoms with Gasteiger partial charge in [-0.2, -0.15) is 5.26 Å². The number of nitriles is 1. The van der Waals surface area contributed by atoms with Gasteiger partial charge >= 0.3 is 0 Å². The van der Waals surface area contributed by atoms with Crippen LogP contribution in [0.1, 0.15) is 52.4 Å². The number of rotatable bonds is 5. The number of hydrogen-bond acceptors (Lipinski definition) is 3. The minimum absolute atomic E-state index is 0.659. The molecule has 0 aromatic rings. The molecule has 0 aliphatic carbocycles. The molecule has 2 unspecified atom stereocenters. The molecule has 0 saturated carbocycles. The normalized spacial score (nSPS) is 26.0. The first-order valence-electron chi connectivity index (χ1n) is 6.53. The maximum atomic E-state index is 8.90. The summed E-state index contributed by atoms with van der Waals surface area (Å²) in [6, 6.07) is 2.91. The minimum atomic E-state index is -0.659. The highest BCUT2D eigenvalue weighted by atomic mass is 15.2. The molecule has 1 rings (SSSR count). The lowest BCUT2D eigenvalue weighted by molar-refractivity contribution is 0.132. The third kappa shape index (κ3) is 4.11. The maximum absolute atomic E-state index is 8.90. The number of likely N-dealkylation sites (tertiary alicyclic amines) is 1. The van der Waals surface area contributed by atoms with E-state index < -0.39 is 5.54 Å². The van der Waals surface area contributed by atoms with Crippen LogP contribution in [0.25, 0.3) is 0 Å². The Kier molecular flexibility index (Phi) is 5.24. The lowest BCUT2D eigenvalue weighted by Crippen LogP contribution is -2.44. The van der Waals surface area contributed by atoms with Crippen molar-refractivity contribution in [1.82, 2.24) is 4.90 Å². The molecule has 1 heterocycles. The largest absolute Gasteiger partial charge is 0.314 e. The van der Waals surface area contributed by atoms with Crippen LogP contribution in [-0.4, -0.2) is 29.6 Å². The Balaban J connectivity index is 2.41. The average Bonchev–Trinajstić information content (AvgIpc) is 2.28. The molecular formula is C13H25N3. The Labute approximate surface area is 99.6 Å². The van der Waals surface area contributed by atoms with Crippen LogP contribution in [-0.2, 0) is 0 Å². The molecular weight excluding hydrogens is 198 g/mol. The SMILES string of the molecule is CCCC1CCCCN1CCC(C)(N)C#N. The molecule has 92 valence electrons. The van der Waals surface area contributed by atoms with Crippen molar-refractivity contribution in [2.24, 2.45) is 5.73 Å². The molecule has 1 aliphatic rings. The topological polar surface area (TPSA) is 53.0 Å². The van der Waals surface area contributed by atoms with Crippen LogP contribution in [0.15, 0.2) is 0 Å². The third-order valence-corrected chi connectivity index (χ3v) is 3.54. The summed E-state index contributed by atoms with van der Waals surface area (Å²) in [6.45, 7) is 6.23. The molecule has 0 bridgehead atoms. The fourth-order valence-electron chi connectivity index (χ4n) is 2.45. The van der Waals surface area contributed by atoms with E-state index in [0.717, 1.165) is 19.0 Å². The Bertz CT molecular complexity index is 240. The smallest absolute Gasteiger partial charge is 0.102 e. The molecule has 1 aliphatic heterocycles. The number of hydrogen-bond donors (Lipinski definition) is 1. The van der Waals surface area contributed by atoms with Crippen molar-refractivity contribution in [1.29, 1.82) is 5.26 Å². The lowest BCUT2D eigenvalue weighted by Gasteiger charge is -2.36. The first kappa shape index (κ1) is 13.5. The van der Waals surface area contributed by atoms with E-state index in [4.69, 9.17) is 11.0 Å². The van der Waals surface area contributed by atoms with E-state index in [1.807, 2.05) is 6.92 Å². The van der Waals surface area contributed by atoms with E-state index in [-0.39, 0.29) is 0 Å². The molecule has 3 heteroatoms. The molecule has 16 heavy (non-hydrogen) atoms. The molecule has 1 saturated heterocycles. The van der Waals surface area contributed by atoms with Crippen LogP contribution < -0.4 is 5.73 Å². The zero-order valence-corrected chi connectivity index (χ0v) is 10.7. The summed E-state index contributed by atoms with van der Waals surface area (Å²) in [4.78, 5) is 2.54. The third-order valence-electron chi connectivity index (χ3n) is 3.54. The summed E-state index contributed by atoms with van der Waals surface area (Å²) in [5.41, 5.74) is 5.21. The molecule has 2 N–H and O–H groups in total. The lowest BCUT2D eigenvalue weighted by atomic mass is 9.95. The van der Waals surface area contributed by atoms with Gasteiger partial charge < -0.3 is 10.6 Å². The summed E-state index contributed by atoms with van der Waals surface area (Å²) < 4.78 is 0. The van der Waals surface area contributed by atoms with E-state index in [1.165, 1.54) is 38.6 Å². The van der Waals surface area contributed by atoms with Gasteiger partial charge in [0.1, 0.15) is 5.54 Å². The molecule has 0 aromatic heterocycles. The van der Waals surface area contributed by atoms with Crippen molar-refractivity contribution in [2.45, 2.75) is 64.0 Å². The molecule has 1 fully saturated rings. The van der Waals surface area contributed by atoms with Gasteiger partial charge in [0.2, 0.25) is 0 Å². The molecule has 2 atom stereocenters. The Morgan fingerprint density at radius 3 is 2.88 bits per heavy atom. The van der Waals surface area contributed by atoms with Gasteiger partial charge in [0, 0.05) is 12.6 Å². The van der Waals surface area contributed by atoms with Gasteiger partial charge in [-0.25, -0.2) is 0 Å². The van der Waals surface area contributed by atoms with Crippen LogP contribution in [0.5, 0.6) is 0 Å². The molecule has 0 amide bonds. The van der Waals surface area contributed by atoms with E-state index in [1.54, 1.807) is 0 Å². The van der Waals surface area contributed by atoms with Crippen LogP contribution in [0.3, 0.4) is 0 Å². The zero-order chi connectivity index (χ0) is 12.0. The van der Waals surface area contributed by atoms with Gasteiger partial charge in [0.05, 0.1) is 6.07 Å². The van der Waals surface area contributed by atoms with Gasteiger partial charge in [0.15, 0.2) is 0 Å². The molecule has 0 radical (unpaired) electrons. The van der Waals surface area contributed by atoms with Gasteiger partial charge in [0.25, 0.3) is 0 Å². The predicted molar refractivity (Wildman–Crippen MR) is 66.9 cm³/mol. The zero-order valence-electron chi connectivity index (χ0n) is 10.7. The van der Waals surface area contributed by atoms with E-state index >= 15 is 0 Å². The number of piperidine rings is 1. The first-order valence-corrected chi connectivity index (χ1v) is 6.53. The van der Waals surface area contributed by atoms with Gasteiger partial charge in [-0.3, -0.25) is 0 Å². The number of nitrogens with two attached hydrogens (primary N) is 1. The Morgan fingerprint density at radius 2 is 2.25 bits per heavy atom. The highest BCUT2D eigenvalue weighted by molar-refractivity contribution is 5.01. The van der Waals surface area contributed by atoms with Crippen molar-refractivity contribution in [3.05, 3.63) is 0 Å². The minimum Gasteiger partial charge on any atom is -0.314 e. The molecule has 3 nitrogen and oxygen atoms in total. The number of nitrogens with zero attached hydrogens (tertiary/aromatic N) is 2. The van der Waals surface area contributed by atoms with E-state index in [0.29, 0.717) is 0 Å². The second kappa shape index (κ2) is 6.22. The summed E-state index contributed by atoms with van der Waals surface area (Å²) in [5.74, 6) is 0. The average molecular weight is 223 g/mol. The fraction of sp³-hybridized carbons (Fsp3) is 0.923. The van der Waals surface area contributed by atoms with Crippen molar-refractivity contribution < 1.29 is 0 Å². The fourth-order valence-corrected chi connectivity index (χ4v) is 2.45. The summed E-state index contributed by atoms with van der Waals surface area (Å²) in [5, 5.41) is 8.90. The van der Waals surface area contributed by atoms with Crippen LogP contribution in [0.4, 0.5) is 0 Å². The molecule has 0 aromatic carbocycles. The van der Waals surface area contributed by atoms with Gasteiger partial charge in [-0.15, -0.1) is 0 Å². The van der Waals surface area contributed by atoms with E-state index in [9.17, 15) is 0 Å². The monoisotopic (exact) mass is 223 g/mol. The summed E-state index contributed by atoms with van der Waals surface area (Å²) in [6.07, 6.45) is 7.30. The van der Waals surface area contributed by atoms with Crippen LogP contribution in [0.2, 0.25) is 0 Å². The van der Waals surface area contributed by atoms with Crippen LogP contribution >= 0.6 is 0 Å². The second-order valence-corrected chi connectivity index (χ2v) is 5.25. The Hall–Kier alpha value is -0.590. The first-order chi connectivity index (χ1) is 7.59. The highest BCUT2D eigenvalue weighted by Gasteiger charge is 2.24. The van der Waals surface area contributed by atoms with Gasteiger partial charge in [-0.1, -0.05) is 19.8 Å². The van der Waals surface area contributed by atoms with E-state index in [2.05, 4.69) is 17.9 Å². The predicted octanol–water partition coefficient (Wildman–Crippen LogP) is 2.27. The highest BCUT2D eigenvalue weighted by Crippen LogP contribution is 2.21. The Morgan fingerprint density at radius 1 is 1.50 bits per heavy atom. The van der Waals surface area contributed by atoms with Crippen molar-refractivity contribution in [3.63, 3.8) is 0 Å². The van der Waals surface area contributed by atoms with Crippen molar-refractivity contribution in [2.75, 3.05) is 13.1 Å². The quantitative estimate of drug-likeness (QED) is 0.778. The van der Waals surface area contributed by atoms with Crippen LogP contribution in [0, 0.1) is 11.3 Å². The summed E-state index contributed by atoms with van der Waals surface area (Å²) >= 11 is 0. The van der Waals surface area contributed by atoms with Gasteiger partial charge in [-0.05, 0) is 39.2 Å². The standard InChI is InChI=1S/C13H25N3/c1-3-6-12-7-4-5-9-16(12)10-8-13(2,15)11-14/h12H,3-10,15H2,1-2H3.